The van der Waals surface area contributed by atoms with Crippen molar-refractivity contribution in [3.05, 3.63) is 28.2 Å². The Balaban J connectivity index is 1.93. The normalized spacial score (nSPS) is 18.7. The van der Waals surface area contributed by atoms with E-state index in [9.17, 15) is 4.79 Å². The van der Waals surface area contributed by atoms with E-state index in [1.165, 1.54) is 0 Å². The van der Waals surface area contributed by atoms with Gasteiger partial charge in [0.05, 0.1) is 23.2 Å². The second-order valence-electron chi connectivity index (χ2n) is 4.08. The molecule has 1 atom stereocenters. The van der Waals surface area contributed by atoms with Crippen LogP contribution in [0.15, 0.2) is 22.7 Å². The number of esters is 1. The number of rotatable bonds is 4. The quantitative estimate of drug-likeness (QED) is 0.802. The molecule has 2 rings (SSSR count). The van der Waals surface area contributed by atoms with Gasteiger partial charge in [-0.15, -0.1) is 0 Å². The van der Waals surface area contributed by atoms with Gasteiger partial charge in [0.2, 0.25) is 0 Å². The van der Waals surface area contributed by atoms with Gasteiger partial charge in [0.25, 0.3) is 0 Å². The summed E-state index contributed by atoms with van der Waals surface area (Å²) in [5.74, 6) is 0.347. The molecule has 5 heteroatoms. The van der Waals surface area contributed by atoms with E-state index in [1.807, 2.05) is 0 Å². The van der Waals surface area contributed by atoms with Crippen molar-refractivity contribution in [2.24, 2.45) is 0 Å². The van der Waals surface area contributed by atoms with Crippen molar-refractivity contribution < 1.29 is 19.0 Å². The average Bonchev–Trinajstić information content (AvgIpc) is 2.89. The summed E-state index contributed by atoms with van der Waals surface area (Å²) in [5.41, 5.74) is 0.501. The highest BCUT2D eigenvalue weighted by atomic mass is 79.9. The minimum Gasteiger partial charge on any atom is -0.496 e. The molecule has 1 saturated heterocycles. The lowest BCUT2D eigenvalue weighted by molar-refractivity contribution is 0.0161. The van der Waals surface area contributed by atoms with E-state index in [4.69, 9.17) is 14.2 Å². The van der Waals surface area contributed by atoms with E-state index >= 15 is 0 Å². The predicted molar refractivity (Wildman–Crippen MR) is 70.0 cm³/mol. The zero-order chi connectivity index (χ0) is 13.0. The topological polar surface area (TPSA) is 44.8 Å². The molecule has 0 bridgehead atoms. The number of hydrogen-bond donors (Lipinski definition) is 0. The van der Waals surface area contributed by atoms with Crippen LogP contribution in [-0.4, -0.2) is 32.4 Å². The molecule has 1 aromatic carbocycles. The third-order valence-electron chi connectivity index (χ3n) is 2.81. The highest BCUT2D eigenvalue weighted by molar-refractivity contribution is 9.10. The van der Waals surface area contributed by atoms with Crippen LogP contribution in [0.3, 0.4) is 0 Å². The Labute approximate surface area is 114 Å². The van der Waals surface area contributed by atoms with Crippen molar-refractivity contribution in [2.45, 2.75) is 18.9 Å². The number of methoxy groups -OCH3 is 1. The van der Waals surface area contributed by atoms with E-state index < -0.39 is 0 Å². The molecule has 0 spiro atoms. The molecule has 1 aromatic rings. The molecule has 98 valence electrons. The van der Waals surface area contributed by atoms with Gasteiger partial charge >= 0.3 is 5.97 Å². The monoisotopic (exact) mass is 314 g/mol. The van der Waals surface area contributed by atoms with Crippen LogP contribution in [0, 0.1) is 0 Å². The lowest BCUT2D eigenvalue weighted by Crippen LogP contribution is -2.17. The highest BCUT2D eigenvalue weighted by Crippen LogP contribution is 2.25. The van der Waals surface area contributed by atoms with Gasteiger partial charge in [0, 0.05) is 6.61 Å². The minimum atomic E-state index is -0.339. The Morgan fingerprint density at radius 3 is 3.00 bits per heavy atom. The van der Waals surface area contributed by atoms with Gasteiger partial charge in [-0.1, -0.05) is 0 Å². The summed E-state index contributed by atoms with van der Waals surface area (Å²) in [5, 5.41) is 0. The summed E-state index contributed by atoms with van der Waals surface area (Å²) in [4.78, 5) is 11.8. The molecule has 0 saturated carbocycles. The summed E-state index contributed by atoms with van der Waals surface area (Å²) in [6, 6.07) is 5.10. The summed E-state index contributed by atoms with van der Waals surface area (Å²) < 4.78 is 16.4. The van der Waals surface area contributed by atoms with Gasteiger partial charge in [0.15, 0.2) is 0 Å². The third kappa shape index (κ3) is 3.23. The first-order valence-corrected chi connectivity index (χ1v) is 6.62. The van der Waals surface area contributed by atoms with Crippen LogP contribution in [0.2, 0.25) is 0 Å². The fraction of sp³-hybridized carbons (Fsp3) is 0.462. The van der Waals surface area contributed by atoms with E-state index in [1.54, 1.807) is 25.3 Å². The summed E-state index contributed by atoms with van der Waals surface area (Å²) >= 11 is 3.34. The average molecular weight is 315 g/mol. The molecule has 1 aliphatic rings. The van der Waals surface area contributed by atoms with Crippen LogP contribution < -0.4 is 4.74 Å². The SMILES string of the molecule is COc1ccc(C(=O)OCC2CCCO2)cc1Br. The molecule has 1 heterocycles. The number of ether oxygens (including phenoxy) is 3. The smallest absolute Gasteiger partial charge is 0.338 e. The third-order valence-corrected chi connectivity index (χ3v) is 3.43. The number of hydrogen-bond acceptors (Lipinski definition) is 4. The molecule has 0 aromatic heterocycles. The Hall–Kier alpha value is -1.07. The van der Waals surface area contributed by atoms with Crippen molar-refractivity contribution in [1.82, 2.24) is 0 Å². The Bertz CT molecular complexity index is 427. The highest BCUT2D eigenvalue weighted by Gasteiger charge is 2.18. The zero-order valence-electron chi connectivity index (χ0n) is 10.1. The fourth-order valence-electron chi connectivity index (χ4n) is 1.82. The van der Waals surface area contributed by atoms with Crippen LogP contribution in [0.5, 0.6) is 5.75 Å². The Kier molecular flexibility index (Phi) is 4.60. The van der Waals surface area contributed by atoms with Gasteiger partial charge in [-0.3, -0.25) is 0 Å². The standard InChI is InChI=1S/C13H15BrO4/c1-16-12-5-4-9(7-11(12)14)13(15)18-8-10-3-2-6-17-10/h4-5,7,10H,2-3,6,8H2,1H3. The molecule has 18 heavy (non-hydrogen) atoms. The summed E-state index contributed by atoms with van der Waals surface area (Å²) in [6.45, 7) is 1.08. The lowest BCUT2D eigenvalue weighted by atomic mass is 10.2. The van der Waals surface area contributed by atoms with Gasteiger partial charge < -0.3 is 14.2 Å². The molecule has 4 nitrogen and oxygen atoms in total. The zero-order valence-corrected chi connectivity index (χ0v) is 11.7. The molecular weight excluding hydrogens is 300 g/mol. The fourth-order valence-corrected chi connectivity index (χ4v) is 2.36. The number of carbonyl (C=O) groups excluding carboxylic acids is 1. The molecule has 1 unspecified atom stereocenters. The maximum atomic E-state index is 11.8. The number of halogens is 1. The Morgan fingerprint density at radius 1 is 1.56 bits per heavy atom. The molecule has 0 amide bonds. The molecule has 0 aliphatic carbocycles. The molecule has 0 radical (unpaired) electrons. The van der Waals surface area contributed by atoms with Crippen molar-refractivity contribution in [3.63, 3.8) is 0 Å². The lowest BCUT2D eigenvalue weighted by Gasteiger charge is -2.11. The molecule has 1 fully saturated rings. The van der Waals surface area contributed by atoms with Crippen LogP contribution in [0.1, 0.15) is 23.2 Å². The molecule has 1 aliphatic heterocycles. The van der Waals surface area contributed by atoms with Crippen molar-refractivity contribution >= 4 is 21.9 Å². The van der Waals surface area contributed by atoms with E-state index in [0.29, 0.717) is 17.9 Å². The maximum Gasteiger partial charge on any atom is 0.338 e. The van der Waals surface area contributed by atoms with Crippen molar-refractivity contribution in [2.75, 3.05) is 20.3 Å². The van der Waals surface area contributed by atoms with Crippen molar-refractivity contribution in [3.8, 4) is 5.75 Å². The minimum absolute atomic E-state index is 0.0515. The van der Waals surface area contributed by atoms with E-state index in [2.05, 4.69) is 15.9 Å². The largest absolute Gasteiger partial charge is 0.496 e. The predicted octanol–water partition coefficient (Wildman–Crippen LogP) is 2.79. The van der Waals surface area contributed by atoms with E-state index in [-0.39, 0.29) is 12.1 Å². The van der Waals surface area contributed by atoms with E-state index in [0.717, 1.165) is 23.9 Å². The molecular formula is C13H15BrO4. The van der Waals surface area contributed by atoms with Crippen molar-refractivity contribution in [1.29, 1.82) is 0 Å². The number of benzene rings is 1. The first-order valence-electron chi connectivity index (χ1n) is 5.83. The summed E-state index contributed by atoms with van der Waals surface area (Å²) in [7, 11) is 1.58. The molecule has 0 N–H and O–H groups in total. The van der Waals surface area contributed by atoms with Gasteiger partial charge in [-0.2, -0.15) is 0 Å². The van der Waals surface area contributed by atoms with Crippen LogP contribution in [0.25, 0.3) is 0 Å². The van der Waals surface area contributed by atoms with Crippen LogP contribution in [0.4, 0.5) is 0 Å². The first-order chi connectivity index (χ1) is 8.70. The van der Waals surface area contributed by atoms with Gasteiger partial charge in [0.1, 0.15) is 12.4 Å². The number of carbonyl (C=O) groups is 1. The second kappa shape index (κ2) is 6.20. The summed E-state index contributed by atoms with van der Waals surface area (Å²) in [6.07, 6.45) is 2.05. The Morgan fingerprint density at radius 2 is 2.39 bits per heavy atom. The maximum absolute atomic E-state index is 11.8. The van der Waals surface area contributed by atoms with Crippen LogP contribution >= 0.6 is 15.9 Å². The van der Waals surface area contributed by atoms with Gasteiger partial charge in [-0.25, -0.2) is 4.79 Å². The second-order valence-corrected chi connectivity index (χ2v) is 4.94. The van der Waals surface area contributed by atoms with Gasteiger partial charge in [-0.05, 0) is 47.0 Å². The van der Waals surface area contributed by atoms with Crippen LogP contribution in [-0.2, 0) is 9.47 Å². The first kappa shape index (κ1) is 13.4.